The van der Waals surface area contributed by atoms with Gasteiger partial charge >= 0.3 is 6.18 Å². The van der Waals surface area contributed by atoms with Crippen LogP contribution in [0.5, 0.6) is 5.75 Å². The molecular weight excluding hydrogens is 233 g/mol. The second-order valence-corrected chi connectivity index (χ2v) is 4.26. The molecule has 1 fully saturated rings. The quantitative estimate of drug-likeness (QED) is 0.820. The summed E-state index contributed by atoms with van der Waals surface area (Å²) in [6.07, 6.45) is -2.58. The molecule has 2 rings (SSSR count). The van der Waals surface area contributed by atoms with Gasteiger partial charge in [-0.15, -0.1) is 0 Å². The summed E-state index contributed by atoms with van der Waals surface area (Å²) < 4.78 is 43.3. The molecule has 6 heteroatoms. The van der Waals surface area contributed by atoms with Crippen molar-refractivity contribution in [2.24, 2.45) is 0 Å². The van der Waals surface area contributed by atoms with E-state index in [1.165, 1.54) is 11.0 Å². The maximum absolute atomic E-state index is 12.6. The molecule has 0 radical (unpaired) electrons. The van der Waals surface area contributed by atoms with Crippen LogP contribution >= 0.6 is 0 Å². The zero-order valence-electron chi connectivity index (χ0n) is 9.58. The largest absolute Gasteiger partial charge is 0.490 e. The van der Waals surface area contributed by atoms with Gasteiger partial charge in [0, 0.05) is 26.2 Å². The smallest absolute Gasteiger partial charge is 0.433 e. The van der Waals surface area contributed by atoms with Crippen molar-refractivity contribution in [3.8, 4) is 5.75 Å². The van der Waals surface area contributed by atoms with E-state index in [0.29, 0.717) is 0 Å². The molecule has 1 aliphatic carbocycles. The number of rotatable bonds is 3. The van der Waals surface area contributed by atoms with Crippen LogP contribution in [0.15, 0.2) is 12.1 Å². The molecule has 0 bridgehead atoms. The first kappa shape index (κ1) is 12.0. The molecule has 94 valence electrons. The number of alkyl halides is 3. The van der Waals surface area contributed by atoms with Gasteiger partial charge in [0.25, 0.3) is 0 Å². The average molecular weight is 246 g/mol. The first-order valence-corrected chi connectivity index (χ1v) is 5.29. The number of hydrogen-bond acceptors (Lipinski definition) is 3. The second-order valence-electron chi connectivity index (χ2n) is 4.26. The van der Waals surface area contributed by atoms with E-state index in [-0.39, 0.29) is 17.7 Å². The third kappa shape index (κ3) is 3.01. The van der Waals surface area contributed by atoms with Crippen LogP contribution in [0.4, 0.5) is 19.0 Å². The predicted octanol–water partition coefficient (Wildman–Crippen LogP) is 2.71. The van der Waals surface area contributed by atoms with Crippen molar-refractivity contribution in [2.45, 2.75) is 25.1 Å². The fourth-order valence-corrected chi connectivity index (χ4v) is 1.31. The van der Waals surface area contributed by atoms with Crippen LogP contribution in [-0.2, 0) is 6.18 Å². The van der Waals surface area contributed by atoms with Crippen LogP contribution in [-0.4, -0.2) is 25.2 Å². The van der Waals surface area contributed by atoms with E-state index in [1.54, 1.807) is 14.1 Å². The molecule has 0 N–H and O–H groups in total. The zero-order chi connectivity index (χ0) is 12.6. The third-order valence-corrected chi connectivity index (χ3v) is 2.36. The molecular formula is C11H13F3N2O. The summed E-state index contributed by atoms with van der Waals surface area (Å²) >= 11 is 0. The number of hydrogen-bond donors (Lipinski definition) is 0. The normalized spacial score (nSPS) is 15.8. The standard InChI is InChI=1S/C11H13F3N2O/c1-16(2)10-6-8(17-7-3-4-7)5-9(15-10)11(12,13)14/h5-7H,3-4H2,1-2H3. The van der Waals surface area contributed by atoms with Crippen molar-refractivity contribution < 1.29 is 17.9 Å². The number of nitrogens with zero attached hydrogens (tertiary/aromatic N) is 2. The van der Waals surface area contributed by atoms with Gasteiger partial charge in [-0.25, -0.2) is 4.98 Å². The number of anilines is 1. The van der Waals surface area contributed by atoms with Crippen molar-refractivity contribution >= 4 is 5.82 Å². The fraction of sp³-hybridized carbons (Fsp3) is 0.545. The SMILES string of the molecule is CN(C)c1cc(OC2CC2)cc(C(F)(F)F)n1. The molecule has 1 aliphatic rings. The van der Waals surface area contributed by atoms with Gasteiger partial charge < -0.3 is 9.64 Å². The van der Waals surface area contributed by atoms with Crippen molar-refractivity contribution in [3.63, 3.8) is 0 Å². The Hall–Kier alpha value is -1.46. The van der Waals surface area contributed by atoms with Gasteiger partial charge in [0.2, 0.25) is 0 Å². The predicted molar refractivity (Wildman–Crippen MR) is 57.2 cm³/mol. The molecule has 0 aliphatic heterocycles. The zero-order valence-corrected chi connectivity index (χ0v) is 9.58. The van der Waals surface area contributed by atoms with Crippen molar-refractivity contribution in [3.05, 3.63) is 17.8 Å². The summed E-state index contributed by atoms with van der Waals surface area (Å²) in [5, 5.41) is 0. The van der Waals surface area contributed by atoms with Crippen molar-refractivity contribution in [2.75, 3.05) is 19.0 Å². The molecule has 17 heavy (non-hydrogen) atoms. The minimum absolute atomic E-state index is 0.0634. The Morgan fingerprint density at radius 2 is 1.94 bits per heavy atom. The second kappa shape index (κ2) is 4.09. The molecule has 0 spiro atoms. The number of ether oxygens (including phenoxy) is 1. The lowest BCUT2D eigenvalue weighted by Crippen LogP contribution is -2.15. The van der Waals surface area contributed by atoms with Gasteiger partial charge in [0.1, 0.15) is 11.6 Å². The Labute approximate surface area is 97.2 Å². The lowest BCUT2D eigenvalue weighted by Gasteiger charge is -2.16. The van der Waals surface area contributed by atoms with E-state index < -0.39 is 11.9 Å². The highest BCUT2D eigenvalue weighted by Crippen LogP contribution is 2.34. The minimum Gasteiger partial charge on any atom is -0.490 e. The van der Waals surface area contributed by atoms with Crippen LogP contribution < -0.4 is 9.64 Å². The van der Waals surface area contributed by atoms with Crippen LogP contribution in [0.2, 0.25) is 0 Å². The molecule has 1 aromatic rings. The molecule has 1 saturated carbocycles. The number of pyridine rings is 1. The van der Waals surface area contributed by atoms with Crippen LogP contribution in [0.3, 0.4) is 0 Å². The highest BCUT2D eigenvalue weighted by molar-refractivity contribution is 5.44. The van der Waals surface area contributed by atoms with E-state index in [1.807, 2.05) is 0 Å². The summed E-state index contributed by atoms with van der Waals surface area (Å²) in [4.78, 5) is 5.08. The topological polar surface area (TPSA) is 25.4 Å². The molecule has 1 heterocycles. The molecule has 3 nitrogen and oxygen atoms in total. The summed E-state index contributed by atoms with van der Waals surface area (Å²) in [5.41, 5.74) is -0.917. The average Bonchev–Trinajstić information content (AvgIpc) is 2.99. The van der Waals surface area contributed by atoms with E-state index in [0.717, 1.165) is 18.9 Å². The Morgan fingerprint density at radius 3 is 2.41 bits per heavy atom. The first-order valence-electron chi connectivity index (χ1n) is 5.29. The Kier molecular flexibility index (Phi) is 2.89. The summed E-state index contributed by atoms with van der Waals surface area (Å²) in [6.45, 7) is 0. The van der Waals surface area contributed by atoms with Gasteiger partial charge in [-0.2, -0.15) is 13.2 Å². The number of halogens is 3. The Bertz CT molecular complexity index is 414. The number of aromatic nitrogens is 1. The van der Waals surface area contributed by atoms with Crippen molar-refractivity contribution in [1.29, 1.82) is 0 Å². The van der Waals surface area contributed by atoms with E-state index >= 15 is 0 Å². The third-order valence-electron chi connectivity index (χ3n) is 2.36. The van der Waals surface area contributed by atoms with Crippen molar-refractivity contribution in [1.82, 2.24) is 4.98 Å². The summed E-state index contributed by atoms with van der Waals surface area (Å²) in [7, 11) is 3.28. The summed E-state index contributed by atoms with van der Waals surface area (Å²) in [5.74, 6) is 0.481. The lowest BCUT2D eigenvalue weighted by atomic mass is 10.3. The Morgan fingerprint density at radius 1 is 1.29 bits per heavy atom. The highest BCUT2D eigenvalue weighted by Gasteiger charge is 2.34. The first-order chi connectivity index (χ1) is 7.86. The molecule has 0 aromatic carbocycles. The minimum atomic E-state index is -4.45. The maximum Gasteiger partial charge on any atom is 0.433 e. The van der Waals surface area contributed by atoms with Crippen LogP contribution in [0.25, 0.3) is 0 Å². The fourth-order valence-electron chi connectivity index (χ4n) is 1.31. The molecule has 0 saturated heterocycles. The van der Waals surface area contributed by atoms with Gasteiger partial charge in [0.05, 0.1) is 6.10 Å². The van der Waals surface area contributed by atoms with E-state index in [9.17, 15) is 13.2 Å². The highest BCUT2D eigenvalue weighted by atomic mass is 19.4. The van der Waals surface area contributed by atoms with Crippen LogP contribution in [0.1, 0.15) is 18.5 Å². The molecule has 0 amide bonds. The monoisotopic (exact) mass is 246 g/mol. The Balaban J connectivity index is 2.34. The van der Waals surface area contributed by atoms with Gasteiger partial charge in [0.15, 0.2) is 5.69 Å². The van der Waals surface area contributed by atoms with Gasteiger partial charge in [-0.3, -0.25) is 0 Å². The molecule has 1 aromatic heterocycles. The molecule has 0 unspecified atom stereocenters. The maximum atomic E-state index is 12.6. The van der Waals surface area contributed by atoms with E-state index in [4.69, 9.17) is 4.74 Å². The van der Waals surface area contributed by atoms with Crippen LogP contribution in [0, 0.1) is 0 Å². The summed E-state index contributed by atoms with van der Waals surface area (Å²) in [6, 6.07) is 2.47. The van der Waals surface area contributed by atoms with Gasteiger partial charge in [-0.1, -0.05) is 0 Å². The lowest BCUT2D eigenvalue weighted by molar-refractivity contribution is -0.141. The molecule has 0 atom stereocenters. The van der Waals surface area contributed by atoms with E-state index in [2.05, 4.69) is 4.98 Å². The van der Waals surface area contributed by atoms with Gasteiger partial charge in [-0.05, 0) is 12.8 Å².